The van der Waals surface area contributed by atoms with Crippen LogP contribution in [-0.4, -0.2) is 43.2 Å². The number of carbonyl (C=O) groups excluding carboxylic acids is 1. The van der Waals surface area contributed by atoms with E-state index in [-0.39, 0.29) is 5.91 Å². The van der Waals surface area contributed by atoms with Crippen molar-refractivity contribution in [3.63, 3.8) is 0 Å². The van der Waals surface area contributed by atoms with Crippen molar-refractivity contribution in [3.05, 3.63) is 36.2 Å². The van der Waals surface area contributed by atoms with Crippen molar-refractivity contribution >= 4 is 17.5 Å². The van der Waals surface area contributed by atoms with Gasteiger partial charge in [-0.3, -0.25) is 4.79 Å². The van der Waals surface area contributed by atoms with Gasteiger partial charge in [-0.2, -0.15) is 0 Å². The van der Waals surface area contributed by atoms with Gasteiger partial charge in [0.25, 0.3) is 5.91 Å². The van der Waals surface area contributed by atoms with Gasteiger partial charge in [0.15, 0.2) is 0 Å². The molecular weight excluding hydrogens is 332 g/mol. The Morgan fingerprint density at radius 2 is 1.73 bits per heavy atom. The molecule has 0 unspecified atom stereocenters. The molecule has 2 heterocycles. The number of rotatable bonds is 5. The fraction of sp³-hybridized carbons (Fsp3) is 0.421. The molecule has 3 rings (SSSR count). The number of aromatic nitrogens is 2. The second-order valence-corrected chi connectivity index (χ2v) is 6.19. The normalized spacial score (nSPS) is 14.5. The first-order chi connectivity index (χ1) is 12.7. The second kappa shape index (κ2) is 8.51. The number of amides is 1. The van der Waals surface area contributed by atoms with Gasteiger partial charge in [-0.25, -0.2) is 9.97 Å². The molecule has 1 aliphatic rings. The molecule has 7 heteroatoms. The van der Waals surface area contributed by atoms with Crippen molar-refractivity contribution in [2.75, 3.05) is 37.5 Å². The number of nitrogens with one attached hydrogen (secondary N) is 1. The predicted octanol–water partition coefficient (Wildman–Crippen LogP) is 3.13. The Labute approximate surface area is 153 Å². The number of methoxy groups -OCH3 is 2. The number of ether oxygens (including phenoxy) is 2. The number of benzene rings is 1. The van der Waals surface area contributed by atoms with Gasteiger partial charge in [0.2, 0.25) is 5.95 Å². The van der Waals surface area contributed by atoms with Crippen molar-refractivity contribution < 1.29 is 14.3 Å². The highest BCUT2D eigenvalue weighted by molar-refractivity contribution is 6.04. The first-order valence-electron chi connectivity index (χ1n) is 8.81. The zero-order chi connectivity index (χ0) is 18.4. The maximum Gasteiger partial charge on any atom is 0.258 e. The quantitative estimate of drug-likeness (QED) is 0.887. The fourth-order valence-electron chi connectivity index (χ4n) is 2.97. The van der Waals surface area contributed by atoms with Crippen LogP contribution in [0.15, 0.2) is 30.6 Å². The van der Waals surface area contributed by atoms with Crippen LogP contribution in [-0.2, 0) is 0 Å². The molecule has 0 aliphatic carbocycles. The summed E-state index contributed by atoms with van der Waals surface area (Å²) >= 11 is 0. The molecule has 7 nitrogen and oxygen atoms in total. The minimum atomic E-state index is -0.282. The van der Waals surface area contributed by atoms with Crippen LogP contribution in [0.3, 0.4) is 0 Å². The van der Waals surface area contributed by atoms with E-state index in [2.05, 4.69) is 20.2 Å². The van der Waals surface area contributed by atoms with E-state index in [0.29, 0.717) is 28.7 Å². The molecule has 0 radical (unpaired) electrons. The van der Waals surface area contributed by atoms with Crippen LogP contribution in [0.1, 0.15) is 36.0 Å². The maximum atomic E-state index is 12.5. The van der Waals surface area contributed by atoms with Crippen LogP contribution in [0, 0.1) is 0 Å². The number of hydrogen-bond donors (Lipinski definition) is 1. The third kappa shape index (κ3) is 4.22. The van der Waals surface area contributed by atoms with Gasteiger partial charge in [-0.1, -0.05) is 12.8 Å². The minimum absolute atomic E-state index is 0.282. The van der Waals surface area contributed by atoms with E-state index in [1.54, 1.807) is 44.8 Å². The number of hydrogen-bond acceptors (Lipinski definition) is 6. The van der Waals surface area contributed by atoms with Gasteiger partial charge in [0, 0.05) is 31.5 Å². The number of anilines is 2. The standard InChI is InChI=1S/C19H24N4O3/c1-25-15-7-8-16(17(11-15)26-2)22-18(24)14-12-20-19(21-13-14)23-9-5-3-4-6-10-23/h7-8,11-13H,3-6,9-10H2,1-2H3,(H,22,24). The highest BCUT2D eigenvalue weighted by Gasteiger charge is 2.15. The molecule has 0 spiro atoms. The van der Waals surface area contributed by atoms with E-state index in [1.165, 1.54) is 12.8 Å². The molecule has 1 aromatic heterocycles. The van der Waals surface area contributed by atoms with E-state index in [4.69, 9.17) is 9.47 Å². The van der Waals surface area contributed by atoms with Gasteiger partial charge in [-0.15, -0.1) is 0 Å². The van der Waals surface area contributed by atoms with E-state index >= 15 is 0 Å². The molecule has 1 N–H and O–H groups in total. The Morgan fingerprint density at radius 3 is 2.35 bits per heavy atom. The Bertz CT molecular complexity index is 741. The van der Waals surface area contributed by atoms with Crippen molar-refractivity contribution in [2.45, 2.75) is 25.7 Å². The van der Waals surface area contributed by atoms with Gasteiger partial charge < -0.3 is 19.7 Å². The van der Waals surface area contributed by atoms with Gasteiger partial charge in [0.1, 0.15) is 11.5 Å². The number of nitrogens with zero attached hydrogens (tertiary/aromatic N) is 3. The Hall–Kier alpha value is -2.83. The lowest BCUT2D eigenvalue weighted by Crippen LogP contribution is -2.26. The predicted molar refractivity (Wildman–Crippen MR) is 100 cm³/mol. The SMILES string of the molecule is COc1ccc(NC(=O)c2cnc(N3CCCCCC3)nc2)c(OC)c1. The summed E-state index contributed by atoms with van der Waals surface area (Å²) in [5.74, 6) is 1.59. The molecule has 0 atom stereocenters. The van der Waals surface area contributed by atoms with Crippen molar-refractivity contribution in [1.29, 1.82) is 0 Å². The summed E-state index contributed by atoms with van der Waals surface area (Å²) in [5, 5.41) is 2.82. The monoisotopic (exact) mass is 356 g/mol. The van der Waals surface area contributed by atoms with Crippen LogP contribution in [0.2, 0.25) is 0 Å². The summed E-state index contributed by atoms with van der Waals surface area (Å²) in [4.78, 5) is 23.4. The van der Waals surface area contributed by atoms with E-state index in [9.17, 15) is 4.79 Å². The highest BCUT2D eigenvalue weighted by atomic mass is 16.5. The zero-order valence-electron chi connectivity index (χ0n) is 15.2. The topological polar surface area (TPSA) is 76.6 Å². The summed E-state index contributed by atoms with van der Waals surface area (Å²) in [7, 11) is 3.12. The van der Waals surface area contributed by atoms with Crippen molar-refractivity contribution in [2.24, 2.45) is 0 Å². The maximum absolute atomic E-state index is 12.5. The number of carbonyl (C=O) groups is 1. The molecular formula is C19H24N4O3. The lowest BCUT2D eigenvalue weighted by atomic mass is 10.2. The fourth-order valence-corrected chi connectivity index (χ4v) is 2.97. The van der Waals surface area contributed by atoms with E-state index in [1.807, 2.05) is 0 Å². The molecule has 0 saturated carbocycles. The molecule has 0 bridgehead atoms. The smallest absolute Gasteiger partial charge is 0.258 e. The summed E-state index contributed by atoms with van der Waals surface area (Å²) in [6.45, 7) is 1.93. The van der Waals surface area contributed by atoms with E-state index in [0.717, 1.165) is 25.9 Å². The molecule has 1 aliphatic heterocycles. The molecule has 26 heavy (non-hydrogen) atoms. The average Bonchev–Trinajstić information content (AvgIpc) is 2.98. The third-order valence-corrected chi connectivity index (χ3v) is 4.45. The molecule has 1 fully saturated rings. The molecule has 1 aromatic carbocycles. The molecule has 1 saturated heterocycles. The first-order valence-corrected chi connectivity index (χ1v) is 8.81. The first kappa shape index (κ1) is 18.0. The summed E-state index contributed by atoms with van der Waals surface area (Å²) < 4.78 is 10.5. The zero-order valence-corrected chi connectivity index (χ0v) is 15.2. The Morgan fingerprint density at radius 1 is 1.04 bits per heavy atom. The Balaban J connectivity index is 1.70. The summed E-state index contributed by atoms with van der Waals surface area (Å²) in [6, 6.07) is 5.22. The average molecular weight is 356 g/mol. The van der Waals surface area contributed by atoms with Crippen LogP contribution in [0.25, 0.3) is 0 Å². The highest BCUT2D eigenvalue weighted by Crippen LogP contribution is 2.29. The van der Waals surface area contributed by atoms with Gasteiger partial charge in [0.05, 0.1) is 25.5 Å². The van der Waals surface area contributed by atoms with Crippen LogP contribution >= 0.6 is 0 Å². The lowest BCUT2D eigenvalue weighted by molar-refractivity contribution is 0.102. The van der Waals surface area contributed by atoms with Crippen molar-refractivity contribution in [1.82, 2.24) is 9.97 Å². The van der Waals surface area contributed by atoms with Crippen LogP contribution in [0.5, 0.6) is 11.5 Å². The van der Waals surface area contributed by atoms with E-state index < -0.39 is 0 Å². The van der Waals surface area contributed by atoms with Crippen molar-refractivity contribution in [3.8, 4) is 11.5 Å². The lowest BCUT2D eigenvalue weighted by Gasteiger charge is -2.19. The molecule has 138 valence electrons. The summed E-state index contributed by atoms with van der Waals surface area (Å²) in [5.41, 5.74) is 0.969. The van der Waals surface area contributed by atoms with Gasteiger partial charge in [-0.05, 0) is 25.0 Å². The Kier molecular flexibility index (Phi) is 5.88. The minimum Gasteiger partial charge on any atom is -0.497 e. The third-order valence-electron chi connectivity index (χ3n) is 4.45. The van der Waals surface area contributed by atoms with Gasteiger partial charge >= 0.3 is 0 Å². The molecule has 2 aromatic rings. The largest absolute Gasteiger partial charge is 0.497 e. The second-order valence-electron chi connectivity index (χ2n) is 6.19. The summed E-state index contributed by atoms with van der Waals surface area (Å²) in [6.07, 6.45) is 7.95. The van der Waals surface area contributed by atoms with Crippen LogP contribution in [0.4, 0.5) is 11.6 Å². The molecule has 1 amide bonds. The van der Waals surface area contributed by atoms with Crippen LogP contribution < -0.4 is 19.7 Å².